The van der Waals surface area contributed by atoms with Gasteiger partial charge >= 0.3 is 5.97 Å². The van der Waals surface area contributed by atoms with E-state index in [-0.39, 0.29) is 17.4 Å². The van der Waals surface area contributed by atoms with Crippen LogP contribution < -0.4 is 15.8 Å². The van der Waals surface area contributed by atoms with Crippen molar-refractivity contribution in [2.45, 2.75) is 19.8 Å². The molecule has 1 aromatic rings. The molecule has 0 radical (unpaired) electrons. The highest BCUT2D eigenvalue weighted by atomic mass is 16.5. The number of ether oxygens (including phenoxy) is 1. The molecular formula is C14H20N2O4. The lowest BCUT2D eigenvalue weighted by molar-refractivity contribution is -0.117. The predicted octanol–water partition coefficient (Wildman–Crippen LogP) is 1.71. The summed E-state index contributed by atoms with van der Waals surface area (Å²) >= 11 is 0. The number of carboxylic acid groups (broad SMARTS) is 1. The molecule has 0 saturated carbocycles. The van der Waals surface area contributed by atoms with Crippen molar-refractivity contribution >= 4 is 17.6 Å². The van der Waals surface area contributed by atoms with E-state index in [2.05, 4.69) is 5.32 Å². The third kappa shape index (κ3) is 4.24. The minimum Gasteiger partial charge on any atom is -0.495 e. The number of amides is 1. The molecule has 0 saturated heterocycles. The maximum absolute atomic E-state index is 11.9. The number of nitrogens with two attached hydrogens (primary N) is 1. The maximum atomic E-state index is 11.9. The normalized spacial score (nSPS) is 11.8. The standard InChI is InChI=1S/C14H20N2O4/c1-3-9(8-15)6-13(17)16-11-7-10(14(18)19)4-5-12(11)20-2/h4-5,7,9H,3,6,8,15H2,1-2H3,(H,16,17)(H,18,19). The van der Waals surface area contributed by atoms with Crippen LogP contribution in [0.1, 0.15) is 30.1 Å². The molecule has 1 amide bonds. The zero-order chi connectivity index (χ0) is 15.1. The molecule has 0 aliphatic rings. The Hall–Kier alpha value is -2.08. The Morgan fingerprint density at radius 3 is 2.65 bits per heavy atom. The monoisotopic (exact) mass is 280 g/mol. The van der Waals surface area contributed by atoms with Gasteiger partial charge in [-0.05, 0) is 30.7 Å². The molecule has 0 aliphatic heterocycles. The molecule has 6 heteroatoms. The number of methoxy groups -OCH3 is 1. The zero-order valence-corrected chi connectivity index (χ0v) is 11.7. The van der Waals surface area contributed by atoms with Gasteiger partial charge < -0.3 is 20.9 Å². The Labute approximate surface area is 117 Å². The summed E-state index contributed by atoms with van der Waals surface area (Å²) in [6.07, 6.45) is 1.11. The maximum Gasteiger partial charge on any atom is 0.335 e. The van der Waals surface area contributed by atoms with E-state index in [0.717, 1.165) is 6.42 Å². The number of carbonyl (C=O) groups excluding carboxylic acids is 1. The van der Waals surface area contributed by atoms with Gasteiger partial charge in [-0.1, -0.05) is 13.3 Å². The van der Waals surface area contributed by atoms with E-state index in [4.69, 9.17) is 15.6 Å². The van der Waals surface area contributed by atoms with Crippen LogP contribution in [-0.4, -0.2) is 30.6 Å². The first kappa shape index (κ1) is 16.0. The van der Waals surface area contributed by atoms with E-state index in [0.29, 0.717) is 24.4 Å². The zero-order valence-electron chi connectivity index (χ0n) is 11.7. The van der Waals surface area contributed by atoms with Crippen LogP contribution in [0, 0.1) is 5.92 Å². The van der Waals surface area contributed by atoms with Crippen LogP contribution in [0.15, 0.2) is 18.2 Å². The highest BCUT2D eigenvalue weighted by molar-refractivity contribution is 5.95. The molecule has 1 aromatic carbocycles. The van der Waals surface area contributed by atoms with E-state index < -0.39 is 5.97 Å². The van der Waals surface area contributed by atoms with Crippen LogP contribution in [0.2, 0.25) is 0 Å². The second-order valence-corrected chi connectivity index (χ2v) is 4.48. The van der Waals surface area contributed by atoms with Crippen molar-refractivity contribution in [1.82, 2.24) is 0 Å². The molecule has 1 rings (SSSR count). The van der Waals surface area contributed by atoms with E-state index >= 15 is 0 Å². The summed E-state index contributed by atoms with van der Waals surface area (Å²) < 4.78 is 5.11. The average molecular weight is 280 g/mol. The van der Waals surface area contributed by atoms with Crippen LogP contribution in [0.4, 0.5) is 5.69 Å². The van der Waals surface area contributed by atoms with Gasteiger partial charge in [0.2, 0.25) is 5.91 Å². The molecular weight excluding hydrogens is 260 g/mol. The molecule has 0 aliphatic carbocycles. The number of carboxylic acids is 1. The third-order valence-corrected chi connectivity index (χ3v) is 3.11. The van der Waals surface area contributed by atoms with Crippen LogP contribution in [0.3, 0.4) is 0 Å². The van der Waals surface area contributed by atoms with Crippen LogP contribution in [0.25, 0.3) is 0 Å². The SMILES string of the molecule is CCC(CN)CC(=O)Nc1cc(C(=O)O)ccc1OC. The van der Waals surface area contributed by atoms with Gasteiger partial charge in [0.1, 0.15) is 5.75 Å². The second-order valence-electron chi connectivity index (χ2n) is 4.48. The average Bonchev–Trinajstić information content (AvgIpc) is 2.44. The van der Waals surface area contributed by atoms with Crippen LogP contribution >= 0.6 is 0 Å². The van der Waals surface area contributed by atoms with Crippen molar-refractivity contribution in [3.05, 3.63) is 23.8 Å². The molecule has 6 nitrogen and oxygen atoms in total. The molecule has 1 atom stereocenters. The largest absolute Gasteiger partial charge is 0.495 e. The molecule has 0 aromatic heterocycles. The molecule has 20 heavy (non-hydrogen) atoms. The van der Waals surface area contributed by atoms with Crippen molar-refractivity contribution in [2.75, 3.05) is 19.0 Å². The molecule has 110 valence electrons. The summed E-state index contributed by atoms with van der Waals surface area (Å²) in [5.74, 6) is -0.729. The number of benzene rings is 1. The summed E-state index contributed by atoms with van der Waals surface area (Å²) in [5, 5.41) is 11.6. The minimum atomic E-state index is -1.06. The van der Waals surface area contributed by atoms with Crippen molar-refractivity contribution in [3.63, 3.8) is 0 Å². The Morgan fingerprint density at radius 1 is 1.45 bits per heavy atom. The molecule has 0 heterocycles. The smallest absolute Gasteiger partial charge is 0.335 e. The Balaban J connectivity index is 2.86. The summed E-state index contributed by atoms with van der Waals surface area (Å²) in [6.45, 7) is 2.41. The fraction of sp³-hybridized carbons (Fsp3) is 0.429. The Morgan fingerprint density at radius 2 is 2.15 bits per heavy atom. The van der Waals surface area contributed by atoms with Crippen molar-refractivity contribution < 1.29 is 19.4 Å². The second kappa shape index (κ2) is 7.49. The van der Waals surface area contributed by atoms with Gasteiger partial charge in [0, 0.05) is 6.42 Å². The number of carbonyl (C=O) groups is 2. The molecule has 4 N–H and O–H groups in total. The number of anilines is 1. The first-order valence-electron chi connectivity index (χ1n) is 6.43. The first-order chi connectivity index (χ1) is 9.51. The van der Waals surface area contributed by atoms with Gasteiger partial charge in [0.15, 0.2) is 0 Å². The fourth-order valence-electron chi connectivity index (χ4n) is 1.80. The van der Waals surface area contributed by atoms with Gasteiger partial charge in [-0.3, -0.25) is 4.79 Å². The lowest BCUT2D eigenvalue weighted by Crippen LogP contribution is -2.22. The van der Waals surface area contributed by atoms with Crippen LogP contribution in [0.5, 0.6) is 5.75 Å². The lowest BCUT2D eigenvalue weighted by Gasteiger charge is -2.14. The summed E-state index contributed by atoms with van der Waals surface area (Å²) in [5.41, 5.74) is 6.00. The summed E-state index contributed by atoms with van der Waals surface area (Å²) in [6, 6.07) is 4.31. The minimum absolute atomic E-state index is 0.0898. The van der Waals surface area contributed by atoms with Crippen molar-refractivity contribution in [1.29, 1.82) is 0 Å². The van der Waals surface area contributed by atoms with Crippen molar-refractivity contribution in [2.24, 2.45) is 11.7 Å². The molecule has 1 unspecified atom stereocenters. The van der Waals surface area contributed by atoms with E-state index in [9.17, 15) is 9.59 Å². The quantitative estimate of drug-likeness (QED) is 0.705. The highest BCUT2D eigenvalue weighted by Gasteiger charge is 2.14. The number of aromatic carboxylic acids is 1. The van der Waals surface area contributed by atoms with E-state index in [1.165, 1.54) is 25.3 Å². The van der Waals surface area contributed by atoms with E-state index in [1.54, 1.807) is 0 Å². The van der Waals surface area contributed by atoms with Gasteiger partial charge in [0.25, 0.3) is 0 Å². The molecule has 0 fully saturated rings. The van der Waals surface area contributed by atoms with Gasteiger partial charge in [0.05, 0.1) is 18.4 Å². The first-order valence-corrected chi connectivity index (χ1v) is 6.43. The Kier molecular flexibility index (Phi) is 5.99. The number of hydrogen-bond donors (Lipinski definition) is 3. The number of nitrogens with one attached hydrogen (secondary N) is 1. The molecule has 0 spiro atoms. The van der Waals surface area contributed by atoms with Gasteiger partial charge in [-0.15, -0.1) is 0 Å². The topological polar surface area (TPSA) is 102 Å². The Bertz CT molecular complexity index is 484. The van der Waals surface area contributed by atoms with E-state index in [1.807, 2.05) is 6.92 Å². The molecule has 0 bridgehead atoms. The van der Waals surface area contributed by atoms with Gasteiger partial charge in [-0.2, -0.15) is 0 Å². The highest BCUT2D eigenvalue weighted by Crippen LogP contribution is 2.26. The van der Waals surface area contributed by atoms with Crippen LogP contribution in [-0.2, 0) is 4.79 Å². The van der Waals surface area contributed by atoms with Crippen molar-refractivity contribution in [3.8, 4) is 5.75 Å². The summed E-state index contributed by atoms with van der Waals surface area (Å²) in [7, 11) is 1.46. The third-order valence-electron chi connectivity index (χ3n) is 3.11. The number of hydrogen-bond acceptors (Lipinski definition) is 4. The van der Waals surface area contributed by atoms with Gasteiger partial charge in [-0.25, -0.2) is 4.79 Å². The fourth-order valence-corrected chi connectivity index (χ4v) is 1.80. The number of rotatable bonds is 7. The predicted molar refractivity (Wildman–Crippen MR) is 76.0 cm³/mol. The summed E-state index contributed by atoms with van der Waals surface area (Å²) in [4.78, 5) is 22.9. The lowest BCUT2D eigenvalue weighted by atomic mass is 10.0.